The lowest BCUT2D eigenvalue weighted by Crippen LogP contribution is -2.49. The molecular formula is C22H25ClN4O4. The molecule has 1 amide bonds. The van der Waals surface area contributed by atoms with Crippen LogP contribution < -0.4 is 9.64 Å². The van der Waals surface area contributed by atoms with E-state index in [4.69, 9.17) is 26.1 Å². The summed E-state index contributed by atoms with van der Waals surface area (Å²) in [4.78, 5) is 20.6. The molecule has 2 aromatic heterocycles. The molecule has 0 radical (unpaired) electrons. The van der Waals surface area contributed by atoms with Gasteiger partial charge in [-0.2, -0.15) is 0 Å². The highest BCUT2D eigenvalue weighted by Crippen LogP contribution is 2.34. The third-order valence-corrected chi connectivity index (χ3v) is 5.73. The molecule has 0 saturated carbocycles. The van der Waals surface area contributed by atoms with Crippen molar-refractivity contribution in [2.24, 2.45) is 0 Å². The molecule has 0 bridgehead atoms. The van der Waals surface area contributed by atoms with E-state index in [1.165, 1.54) is 0 Å². The summed E-state index contributed by atoms with van der Waals surface area (Å²) in [6.07, 6.45) is 3.62. The molecule has 1 fully saturated rings. The first kappa shape index (κ1) is 21.3. The summed E-state index contributed by atoms with van der Waals surface area (Å²) in [6, 6.07) is 7.55. The highest BCUT2D eigenvalue weighted by molar-refractivity contribution is 6.32. The lowest BCUT2D eigenvalue weighted by molar-refractivity contribution is 0.105. The number of aliphatic hydroxyl groups excluding tert-OH is 1. The summed E-state index contributed by atoms with van der Waals surface area (Å²) in [5, 5.41) is 10.3. The number of carbonyl (C=O) groups excluding carboxylic acids is 1. The van der Waals surface area contributed by atoms with Crippen molar-refractivity contribution in [2.45, 2.75) is 13.5 Å². The first-order valence-electron chi connectivity index (χ1n) is 10.2. The standard InChI is InChI=1S/C22H25ClN4O4/c1-3-31-22(29)26-8-6-25(7-9-26)16-4-5-27-13-19(24-21(27)11-16)17-12-18(23)20(30-2)10-15(17)14-28/h4-5,10-13,28H,3,6-9,14H2,1-2H3. The fraction of sp³-hybridized carbons (Fsp3) is 0.364. The number of carbonyl (C=O) groups is 1. The van der Waals surface area contributed by atoms with Crippen molar-refractivity contribution < 1.29 is 19.4 Å². The molecule has 3 aromatic rings. The van der Waals surface area contributed by atoms with Gasteiger partial charge in [0.05, 0.1) is 31.0 Å². The Labute approximate surface area is 185 Å². The number of ether oxygens (including phenoxy) is 2. The minimum absolute atomic E-state index is 0.146. The molecule has 0 spiro atoms. The number of rotatable bonds is 5. The van der Waals surface area contributed by atoms with Crippen LogP contribution in [0.5, 0.6) is 5.75 Å². The van der Waals surface area contributed by atoms with Crippen LogP contribution in [0, 0.1) is 0 Å². The average molecular weight is 445 g/mol. The summed E-state index contributed by atoms with van der Waals surface area (Å²) < 4.78 is 12.3. The smallest absolute Gasteiger partial charge is 0.409 e. The zero-order chi connectivity index (χ0) is 22.0. The van der Waals surface area contributed by atoms with Crippen molar-refractivity contribution in [1.29, 1.82) is 0 Å². The molecule has 1 aliphatic rings. The SMILES string of the molecule is CCOC(=O)N1CCN(c2ccn3cc(-c4cc(Cl)c(OC)cc4CO)nc3c2)CC1. The molecule has 3 heterocycles. The van der Waals surface area contributed by atoms with Gasteiger partial charge in [-0.3, -0.25) is 0 Å². The second kappa shape index (κ2) is 9.03. The van der Waals surface area contributed by atoms with Crippen LogP contribution in [0.1, 0.15) is 12.5 Å². The zero-order valence-electron chi connectivity index (χ0n) is 17.5. The number of methoxy groups -OCH3 is 1. The van der Waals surface area contributed by atoms with Crippen molar-refractivity contribution in [1.82, 2.24) is 14.3 Å². The van der Waals surface area contributed by atoms with Crippen molar-refractivity contribution >= 4 is 29.0 Å². The van der Waals surface area contributed by atoms with Gasteiger partial charge >= 0.3 is 6.09 Å². The van der Waals surface area contributed by atoms with Crippen LogP contribution >= 0.6 is 11.6 Å². The molecule has 0 aliphatic carbocycles. The first-order chi connectivity index (χ1) is 15.0. The van der Waals surface area contributed by atoms with Crippen LogP contribution in [0.4, 0.5) is 10.5 Å². The first-order valence-corrected chi connectivity index (χ1v) is 10.5. The monoisotopic (exact) mass is 444 g/mol. The molecule has 1 N–H and O–H groups in total. The highest BCUT2D eigenvalue weighted by Gasteiger charge is 2.22. The van der Waals surface area contributed by atoms with E-state index in [-0.39, 0.29) is 12.7 Å². The van der Waals surface area contributed by atoms with Crippen molar-refractivity contribution in [3.63, 3.8) is 0 Å². The second-order valence-electron chi connectivity index (χ2n) is 7.25. The third-order valence-electron chi connectivity index (χ3n) is 5.44. The van der Waals surface area contributed by atoms with Gasteiger partial charge in [-0.25, -0.2) is 9.78 Å². The fourth-order valence-electron chi connectivity index (χ4n) is 3.78. The summed E-state index contributed by atoms with van der Waals surface area (Å²) in [5.41, 5.74) is 4.01. The van der Waals surface area contributed by atoms with E-state index in [0.717, 1.165) is 35.7 Å². The number of nitrogens with zero attached hydrogens (tertiary/aromatic N) is 4. The maximum atomic E-state index is 11.9. The molecule has 0 atom stereocenters. The summed E-state index contributed by atoms with van der Waals surface area (Å²) in [5.74, 6) is 0.516. The maximum Gasteiger partial charge on any atom is 0.409 e. The van der Waals surface area contributed by atoms with E-state index in [2.05, 4.69) is 4.90 Å². The molecule has 164 valence electrons. The van der Waals surface area contributed by atoms with Crippen molar-refractivity contribution in [3.05, 3.63) is 47.2 Å². The summed E-state index contributed by atoms with van der Waals surface area (Å²) in [6.45, 7) is 4.74. The number of amides is 1. The lowest BCUT2D eigenvalue weighted by atomic mass is 10.1. The Kier molecular flexibility index (Phi) is 6.20. The number of aromatic nitrogens is 2. The predicted octanol–water partition coefficient (Wildman–Crippen LogP) is 3.43. The zero-order valence-corrected chi connectivity index (χ0v) is 18.3. The Balaban J connectivity index is 1.57. The van der Waals surface area contributed by atoms with Crippen LogP contribution in [0.25, 0.3) is 16.9 Å². The van der Waals surface area contributed by atoms with Crippen LogP contribution in [0.3, 0.4) is 0 Å². The number of imidazole rings is 1. The van der Waals surface area contributed by atoms with Crippen LogP contribution in [-0.4, -0.2) is 65.4 Å². The van der Waals surface area contributed by atoms with Gasteiger partial charge in [0.1, 0.15) is 11.4 Å². The van der Waals surface area contributed by atoms with Crippen molar-refractivity contribution in [2.75, 3.05) is 44.8 Å². The Bertz CT molecular complexity index is 1090. The topological polar surface area (TPSA) is 79.5 Å². The molecule has 1 aliphatic heterocycles. The Morgan fingerprint density at radius 3 is 2.68 bits per heavy atom. The number of pyridine rings is 1. The van der Waals surface area contributed by atoms with Gasteiger partial charge in [0.15, 0.2) is 0 Å². The van der Waals surface area contributed by atoms with Gasteiger partial charge in [0, 0.05) is 55.9 Å². The third kappa shape index (κ3) is 4.26. The molecule has 1 saturated heterocycles. The molecule has 8 nitrogen and oxygen atoms in total. The van der Waals surface area contributed by atoms with Crippen LogP contribution in [-0.2, 0) is 11.3 Å². The van der Waals surface area contributed by atoms with E-state index in [1.54, 1.807) is 24.1 Å². The minimum atomic E-state index is -0.256. The van der Waals surface area contributed by atoms with Crippen LogP contribution in [0.2, 0.25) is 5.02 Å². The minimum Gasteiger partial charge on any atom is -0.495 e. The number of hydrogen-bond acceptors (Lipinski definition) is 6. The quantitative estimate of drug-likeness (QED) is 0.649. The van der Waals surface area contributed by atoms with E-state index in [1.807, 2.05) is 35.9 Å². The Hall–Kier alpha value is -2.97. The summed E-state index contributed by atoms with van der Waals surface area (Å²) in [7, 11) is 1.54. The van der Waals surface area contributed by atoms with E-state index < -0.39 is 0 Å². The Morgan fingerprint density at radius 2 is 2.00 bits per heavy atom. The number of anilines is 1. The van der Waals surface area contributed by atoms with Gasteiger partial charge in [0.25, 0.3) is 0 Å². The van der Waals surface area contributed by atoms with Crippen LogP contribution in [0.15, 0.2) is 36.7 Å². The number of piperazine rings is 1. The van der Waals surface area contributed by atoms with E-state index in [9.17, 15) is 9.90 Å². The predicted molar refractivity (Wildman–Crippen MR) is 119 cm³/mol. The Morgan fingerprint density at radius 1 is 1.23 bits per heavy atom. The fourth-order valence-corrected chi connectivity index (χ4v) is 4.02. The normalized spacial score (nSPS) is 14.2. The second-order valence-corrected chi connectivity index (χ2v) is 7.66. The highest BCUT2D eigenvalue weighted by atomic mass is 35.5. The molecule has 9 heteroatoms. The molecule has 0 unspecified atom stereocenters. The maximum absolute atomic E-state index is 11.9. The number of fused-ring (bicyclic) bond motifs is 1. The number of halogens is 1. The van der Waals surface area contributed by atoms with Gasteiger partial charge in [0.2, 0.25) is 0 Å². The molecular weight excluding hydrogens is 420 g/mol. The van der Waals surface area contributed by atoms with Gasteiger partial charge in [-0.1, -0.05) is 11.6 Å². The molecule has 4 rings (SSSR count). The number of benzene rings is 1. The summed E-state index contributed by atoms with van der Waals surface area (Å²) >= 11 is 6.30. The largest absolute Gasteiger partial charge is 0.495 e. The number of hydrogen-bond donors (Lipinski definition) is 1. The van der Waals surface area contributed by atoms with Gasteiger partial charge in [-0.15, -0.1) is 0 Å². The average Bonchev–Trinajstić information content (AvgIpc) is 3.22. The van der Waals surface area contributed by atoms with Gasteiger partial charge < -0.3 is 28.8 Å². The van der Waals surface area contributed by atoms with E-state index in [0.29, 0.717) is 36.0 Å². The molecule has 1 aromatic carbocycles. The molecule has 31 heavy (non-hydrogen) atoms. The van der Waals surface area contributed by atoms with E-state index >= 15 is 0 Å². The van der Waals surface area contributed by atoms with Crippen molar-refractivity contribution in [3.8, 4) is 17.0 Å². The van der Waals surface area contributed by atoms with Gasteiger partial charge in [-0.05, 0) is 30.7 Å². The number of aliphatic hydroxyl groups is 1. The lowest BCUT2D eigenvalue weighted by Gasteiger charge is -2.35.